The molecule has 10 heteroatoms. The van der Waals surface area contributed by atoms with E-state index in [-0.39, 0.29) is 17.7 Å². The number of benzene rings is 1. The lowest BCUT2D eigenvalue weighted by atomic mass is 9.98. The van der Waals surface area contributed by atoms with Crippen LogP contribution in [0.2, 0.25) is 0 Å². The van der Waals surface area contributed by atoms with Crippen LogP contribution in [0, 0.1) is 0 Å². The van der Waals surface area contributed by atoms with Crippen molar-refractivity contribution in [2.45, 2.75) is 102 Å². The van der Waals surface area contributed by atoms with Gasteiger partial charge in [0, 0.05) is 37.2 Å². The molecule has 2 saturated heterocycles. The van der Waals surface area contributed by atoms with Crippen LogP contribution in [0.1, 0.15) is 80.7 Å². The molecule has 2 aromatic rings. The number of amides is 1. The minimum Gasteiger partial charge on any atom is -0.443 e. The number of aliphatic hydroxyl groups excluding tert-OH is 3. The van der Waals surface area contributed by atoms with Gasteiger partial charge in [0.15, 0.2) is 6.17 Å². The van der Waals surface area contributed by atoms with Crippen LogP contribution in [-0.4, -0.2) is 86.8 Å². The number of ether oxygens (including phenoxy) is 2. The van der Waals surface area contributed by atoms with E-state index in [1.165, 1.54) is 18.4 Å². The van der Waals surface area contributed by atoms with Crippen LogP contribution in [0.3, 0.4) is 0 Å². The molecule has 5 atom stereocenters. The monoisotopic (exact) mass is 547 g/mol. The van der Waals surface area contributed by atoms with Crippen molar-refractivity contribution in [1.29, 1.82) is 0 Å². The number of hydrogen-bond acceptors (Lipinski definition) is 7. The van der Waals surface area contributed by atoms with Crippen molar-refractivity contribution in [3.63, 3.8) is 0 Å². The first-order chi connectivity index (χ1) is 18.8. The molecule has 0 bridgehead atoms. The zero-order valence-electron chi connectivity index (χ0n) is 22.9. The Morgan fingerprint density at radius 1 is 1.13 bits per heavy atom. The molecule has 0 spiro atoms. The predicted octanol–water partition coefficient (Wildman–Crippen LogP) is 3.01. The molecule has 9 nitrogen and oxygen atoms in total. The molecule has 4 rings (SSSR count). The van der Waals surface area contributed by atoms with E-state index in [1.807, 2.05) is 30.9 Å². The summed E-state index contributed by atoms with van der Waals surface area (Å²) in [5.41, 5.74) is 3.82. The standard InChI is InChI=1S/C29H42FN3O6/c1-18(2)25-21(28(32-31-25)39-29-27(37)26(36)24(30)22(17-34)38-29)16-20-12-10-19(11-13-20)8-7-9-23(35)33-14-5-3-4-6-15-33/h10-13,18,22,24,26-27,29,34,36-37H,3-9,14-17H2,1-2H3,(H,31,32). The highest BCUT2D eigenvalue weighted by Gasteiger charge is 2.46. The van der Waals surface area contributed by atoms with Crippen LogP contribution in [0.25, 0.3) is 0 Å². The summed E-state index contributed by atoms with van der Waals surface area (Å²) in [6.07, 6.45) is -0.672. The fraction of sp³-hybridized carbons (Fsp3) is 0.655. The summed E-state index contributed by atoms with van der Waals surface area (Å²) in [6, 6.07) is 8.22. The summed E-state index contributed by atoms with van der Waals surface area (Å²) in [4.78, 5) is 14.6. The van der Waals surface area contributed by atoms with Gasteiger partial charge in [-0.15, -0.1) is 5.10 Å². The molecule has 216 valence electrons. The molecule has 39 heavy (non-hydrogen) atoms. The van der Waals surface area contributed by atoms with E-state index in [4.69, 9.17) is 9.47 Å². The molecule has 5 unspecified atom stereocenters. The zero-order valence-corrected chi connectivity index (χ0v) is 22.9. The number of H-pyrrole nitrogens is 1. The number of nitrogens with one attached hydrogen (secondary N) is 1. The molecular formula is C29H42FN3O6. The summed E-state index contributed by atoms with van der Waals surface area (Å²) in [7, 11) is 0. The van der Waals surface area contributed by atoms with Gasteiger partial charge < -0.3 is 29.7 Å². The maximum absolute atomic E-state index is 14.1. The Morgan fingerprint density at radius 3 is 2.44 bits per heavy atom. The van der Waals surface area contributed by atoms with Crippen LogP contribution in [-0.2, 0) is 22.4 Å². The number of aliphatic hydroxyl groups is 3. The van der Waals surface area contributed by atoms with Crippen molar-refractivity contribution in [3.05, 3.63) is 46.6 Å². The van der Waals surface area contributed by atoms with Gasteiger partial charge in [-0.2, -0.15) is 0 Å². The third-order valence-corrected chi connectivity index (χ3v) is 7.68. The van der Waals surface area contributed by atoms with Crippen LogP contribution in [0.4, 0.5) is 4.39 Å². The molecule has 2 aliphatic heterocycles. The van der Waals surface area contributed by atoms with E-state index in [9.17, 15) is 24.5 Å². The molecule has 3 heterocycles. The lowest BCUT2D eigenvalue weighted by molar-refractivity contribution is -0.265. The smallest absolute Gasteiger partial charge is 0.238 e. The van der Waals surface area contributed by atoms with Crippen molar-refractivity contribution in [3.8, 4) is 5.88 Å². The highest BCUT2D eigenvalue weighted by Crippen LogP contribution is 2.31. The van der Waals surface area contributed by atoms with E-state index in [0.717, 1.165) is 55.6 Å². The number of carbonyl (C=O) groups excluding carboxylic acids is 1. The number of alkyl halides is 1. The Morgan fingerprint density at radius 2 is 1.79 bits per heavy atom. The summed E-state index contributed by atoms with van der Waals surface area (Å²) >= 11 is 0. The first-order valence-electron chi connectivity index (χ1n) is 14.1. The van der Waals surface area contributed by atoms with Crippen molar-refractivity contribution in [1.82, 2.24) is 15.1 Å². The van der Waals surface area contributed by atoms with Crippen molar-refractivity contribution in [2.75, 3.05) is 19.7 Å². The van der Waals surface area contributed by atoms with E-state index < -0.39 is 37.4 Å². The van der Waals surface area contributed by atoms with Gasteiger partial charge in [-0.3, -0.25) is 9.89 Å². The third kappa shape index (κ3) is 7.36. The number of likely N-dealkylation sites (tertiary alicyclic amines) is 1. The van der Waals surface area contributed by atoms with Crippen LogP contribution < -0.4 is 4.74 Å². The number of aromatic amines is 1. The molecule has 4 N–H and O–H groups in total. The average molecular weight is 548 g/mol. The van der Waals surface area contributed by atoms with Crippen molar-refractivity contribution >= 4 is 5.91 Å². The minimum atomic E-state index is -1.93. The molecule has 1 aromatic heterocycles. The molecule has 0 saturated carbocycles. The lowest BCUT2D eigenvalue weighted by Gasteiger charge is -2.38. The van der Waals surface area contributed by atoms with Crippen molar-refractivity contribution < 1.29 is 34.0 Å². The highest BCUT2D eigenvalue weighted by molar-refractivity contribution is 5.76. The largest absolute Gasteiger partial charge is 0.443 e. The molecule has 0 aliphatic carbocycles. The summed E-state index contributed by atoms with van der Waals surface area (Å²) in [5, 5.41) is 37.0. The van der Waals surface area contributed by atoms with E-state index in [0.29, 0.717) is 12.8 Å². The summed E-state index contributed by atoms with van der Waals surface area (Å²) < 4.78 is 25.3. The second-order valence-corrected chi connectivity index (χ2v) is 11.0. The Hall–Kier alpha value is -2.53. The predicted molar refractivity (Wildman–Crippen MR) is 143 cm³/mol. The number of aromatic nitrogens is 2. The first-order valence-corrected chi connectivity index (χ1v) is 14.1. The van der Waals surface area contributed by atoms with Gasteiger partial charge in [0.2, 0.25) is 18.1 Å². The quantitative estimate of drug-likeness (QED) is 0.360. The Kier molecular flexibility index (Phi) is 10.3. The first kappa shape index (κ1) is 29.5. The number of nitrogens with zero attached hydrogens (tertiary/aromatic N) is 2. The maximum atomic E-state index is 14.1. The third-order valence-electron chi connectivity index (χ3n) is 7.68. The van der Waals surface area contributed by atoms with Crippen LogP contribution >= 0.6 is 0 Å². The lowest BCUT2D eigenvalue weighted by Crippen LogP contribution is -2.58. The average Bonchev–Trinajstić information content (AvgIpc) is 3.12. The molecule has 2 fully saturated rings. The Balaban J connectivity index is 1.37. The number of hydrogen-bond donors (Lipinski definition) is 4. The van der Waals surface area contributed by atoms with Gasteiger partial charge in [-0.05, 0) is 42.7 Å². The number of halogens is 1. The SMILES string of the molecule is CC(C)c1[nH]nc(OC2OC(CO)C(F)C(O)C2O)c1Cc1ccc(CCCC(=O)N2CCCCCC2)cc1. The highest BCUT2D eigenvalue weighted by atomic mass is 19.1. The van der Waals surface area contributed by atoms with Crippen LogP contribution in [0.5, 0.6) is 5.88 Å². The second-order valence-electron chi connectivity index (χ2n) is 11.0. The second kappa shape index (κ2) is 13.7. The van der Waals surface area contributed by atoms with Crippen molar-refractivity contribution in [2.24, 2.45) is 0 Å². The number of rotatable bonds is 10. The summed E-state index contributed by atoms with van der Waals surface area (Å²) in [6.45, 7) is 5.14. The fourth-order valence-electron chi connectivity index (χ4n) is 5.31. The van der Waals surface area contributed by atoms with Gasteiger partial charge in [-0.25, -0.2) is 4.39 Å². The maximum Gasteiger partial charge on any atom is 0.238 e. The molecule has 1 aromatic carbocycles. The van der Waals surface area contributed by atoms with Gasteiger partial charge in [0.1, 0.15) is 18.3 Å². The molecule has 1 amide bonds. The summed E-state index contributed by atoms with van der Waals surface area (Å²) in [5.74, 6) is 0.559. The normalized spacial score (nSPS) is 26.0. The van der Waals surface area contributed by atoms with Gasteiger partial charge >= 0.3 is 0 Å². The molecular weight excluding hydrogens is 505 g/mol. The van der Waals surface area contributed by atoms with Gasteiger partial charge in [-0.1, -0.05) is 51.0 Å². The Labute approximate surface area is 229 Å². The van der Waals surface area contributed by atoms with E-state index >= 15 is 0 Å². The molecule has 0 radical (unpaired) electrons. The Bertz CT molecular complexity index is 1050. The molecule has 2 aliphatic rings. The van der Waals surface area contributed by atoms with Gasteiger partial charge in [0.05, 0.1) is 6.61 Å². The number of aryl methyl sites for hydroxylation is 1. The topological polar surface area (TPSA) is 128 Å². The van der Waals surface area contributed by atoms with E-state index in [1.54, 1.807) is 0 Å². The fourth-order valence-corrected chi connectivity index (χ4v) is 5.31. The van der Waals surface area contributed by atoms with Crippen LogP contribution in [0.15, 0.2) is 24.3 Å². The van der Waals surface area contributed by atoms with E-state index in [2.05, 4.69) is 22.3 Å². The number of carbonyl (C=O) groups is 1. The zero-order chi connectivity index (χ0) is 27.9. The van der Waals surface area contributed by atoms with Gasteiger partial charge in [0.25, 0.3) is 0 Å². The minimum absolute atomic E-state index is 0.106.